The topological polar surface area (TPSA) is 93.7 Å². The predicted molar refractivity (Wildman–Crippen MR) is 121 cm³/mol. The Morgan fingerprint density at radius 2 is 1.84 bits per heavy atom. The molecule has 166 valence electrons. The molecule has 1 N–H and O–H groups in total. The lowest BCUT2D eigenvalue weighted by Gasteiger charge is -2.27. The van der Waals surface area contributed by atoms with Crippen LogP contribution in [0.15, 0.2) is 42.5 Å². The molecule has 2 aromatic carbocycles. The van der Waals surface area contributed by atoms with Crippen LogP contribution in [0.4, 0.5) is 5.69 Å². The van der Waals surface area contributed by atoms with Crippen LogP contribution in [-0.2, 0) is 11.3 Å². The molecule has 0 atom stereocenters. The summed E-state index contributed by atoms with van der Waals surface area (Å²) in [4.78, 5) is 27.0. The van der Waals surface area contributed by atoms with E-state index < -0.39 is 0 Å². The summed E-state index contributed by atoms with van der Waals surface area (Å²) in [6.07, 6.45) is 0. The minimum Gasteiger partial charge on any atom is -0.486 e. The number of benzene rings is 2. The number of amides is 2. The van der Waals surface area contributed by atoms with E-state index in [0.717, 1.165) is 16.9 Å². The van der Waals surface area contributed by atoms with E-state index in [4.69, 9.17) is 9.47 Å². The molecule has 0 unspecified atom stereocenters. The van der Waals surface area contributed by atoms with Crippen LogP contribution in [0.2, 0.25) is 0 Å². The molecule has 0 spiro atoms. The number of carbonyl (C=O) groups is 2. The first-order valence-electron chi connectivity index (χ1n) is 10.3. The first-order chi connectivity index (χ1) is 15.5. The minimum absolute atomic E-state index is 0.0777. The molecule has 2 amide bonds. The zero-order chi connectivity index (χ0) is 22.5. The third kappa shape index (κ3) is 5.49. The predicted octanol–water partition coefficient (Wildman–Crippen LogP) is 3.46. The Labute approximate surface area is 190 Å². The second-order valence-corrected chi connectivity index (χ2v) is 8.61. The van der Waals surface area contributed by atoms with Crippen molar-refractivity contribution in [2.75, 3.05) is 31.6 Å². The van der Waals surface area contributed by atoms with E-state index in [2.05, 4.69) is 21.6 Å². The maximum absolute atomic E-state index is 12.7. The summed E-state index contributed by atoms with van der Waals surface area (Å²) >= 11 is 1.17. The fourth-order valence-corrected chi connectivity index (χ4v) is 4.08. The lowest BCUT2D eigenvalue weighted by atomic mass is 10.1. The monoisotopic (exact) mass is 452 g/mol. The van der Waals surface area contributed by atoms with Crippen molar-refractivity contribution in [1.29, 1.82) is 0 Å². The lowest BCUT2D eigenvalue weighted by molar-refractivity contribution is 0.0303. The Bertz CT molecular complexity index is 1100. The van der Waals surface area contributed by atoms with Crippen LogP contribution < -0.4 is 10.1 Å². The summed E-state index contributed by atoms with van der Waals surface area (Å²) in [5.41, 5.74) is 3.28. The third-order valence-electron chi connectivity index (χ3n) is 4.88. The summed E-state index contributed by atoms with van der Waals surface area (Å²) < 4.78 is 11.1. The number of carbonyl (C=O) groups excluding carboxylic acids is 2. The Balaban J connectivity index is 1.37. The Hall–Kier alpha value is -3.30. The van der Waals surface area contributed by atoms with Gasteiger partial charge < -0.3 is 19.7 Å². The van der Waals surface area contributed by atoms with Gasteiger partial charge in [0.2, 0.25) is 5.01 Å². The summed E-state index contributed by atoms with van der Waals surface area (Å²) in [7, 11) is 0. The van der Waals surface area contributed by atoms with Crippen LogP contribution in [0, 0.1) is 13.8 Å². The highest BCUT2D eigenvalue weighted by Crippen LogP contribution is 2.20. The van der Waals surface area contributed by atoms with Crippen LogP contribution in [0.3, 0.4) is 0 Å². The zero-order valence-electron chi connectivity index (χ0n) is 18.0. The van der Waals surface area contributed by atoms with Crippen LogP contribution >= 0.6 is 11.3 Å². The van der Waals surface area contributed by atoms with Gasteiger partial charge in [-0.2, -0.15) is 0 Å². The number of hydrogen-bond donors (Lipinski definition) is 1. The first kappa shape index (κ1) is 21.9. The number of morpholine rings is 1. The molecule has 32 heavy (non-hydrogen) atoms. The van der Waals surface area contributed by atoms with E-state index in [1.165, 1.54) is 11.3 Å². The van der Waals surface area contributed by atoms with Crippen molar-refractivity contribution >= 4 is 28.8 Å². The van der Waals surface area contributed by atoms with Crippen LogP contribution in [-0.4, -0.2) is 53.2 Å². The normalized spacial score (nSPS) is 13.6. The number of rotatable bonds is 6. The van der Waals surface area contributed by atoms with Gasteiger partial charge >= 0.3 is 0 Å². The number of hydrogen-bond acceptors (Lipinski definition) is 7. The fourth-order valence-electron chi connectivity index (χ4n) is 3.43. The number of ether oxygens (including phenoxy) is 2. The van der Waals surface area contributed by atoms with Gasteiger partial charge in [-0.25, -0.2) is 0 Å². The molecule has 3 aromatic rings. The van der Waals surface area contributed by atoms with Crippen molar-refractivity contribution in [1.82, 2.24) is 15.1 Å². The number of anilines is 1. The van der Waals surface area contributed by atoms with Crippen LogP contribution in [0.1, 0.15) is 36.3 Å². The molecule has 9 heteroatoms. The standard InChI is InChI=1S/C23H24N4O4S/c1-15-10-16(2)12-19(11-15)31-14-20-25-26-22(32-20)21(28)24-18-5-3-4-17(13-18)23(29)27-6-8-30-9-7-27/h3-5,10-13H,6-9,14H2,1-2H3,(H,24,28). The number of aryl methyl sites for hydroxylation is 2. The van der Waals surface area contributed by atoms with Crippen LogP contribution in [0.5, 0.6) is 5.75 Å². The lowest BCUT2D eigenvalue weighted by Crippen LogP contribution is -2.40. The Morgan fingerprint density at radius 3 is 2.59 bits per heavy atom. The molecule has 1 aliphatic heterocycles. The Kier molecular flexibility index (Phi) is 6.77. The molecule has 0 radical (unpaired) electrons. The van der Waals surface area contributed by atoms with Gasteiger partial charge in [-0.1, -0.05) is 23.5 Å². The zero-order valence-corrected chi connectivity index (χ0v) is 18.8. The largest absolute Gasteiger partial charge is 0.486 e. The molecule has 8 nitrogen and oxygen atoms in total. The van der Waals surface area contributed by atoms with E-state index in [1.54, 1.807) is 29.2 Å². The highest BCUT2D eigenvalue weighted by molar-refractivity contribution is 7.13. The average molecular weight is 453 g/mol. The molecule has 1 aromatic heterocycles. The highest BCUT2D eigenvalue weighted by Gasteiger charge is 2.19. The first-order valence-corrected chi connectivity index (χ1v) is 11.1. The van der Waals surface area contributed by atoms with Crippen molar-refractivity contribution in [3.05, 3.63) is 69.2 Å². The third-order valence-corrected chi connectivity index (χ3v) is 5.78. The summed E-state index contributed by atoms with van der Waals surface area (Å²) in [5.74, 6) is 0.299. The highest BCUT2D eigenvalue weighted by atomic mass is 32.1. The number of nitrogens with zero attached hydrogens (tertiary/aromatic N) is 3. The number of aromatic nitrogens is 2. The maximum atomic E-state index is 12.7. The molecule has 1 saturated heterocycles. The molecule has 2 heterocycles. The van der Waals surface area contributed by atoms with Crippen LogP contribution in [0.25, 0.3) is 0 Å². The second kappa shape index (κ2) is 9.88. The Morgan fingerprint density at radius 1 is 1.09 bits per heavy atom. The summed E-state index contributed by atoms with van der Waals surface area (Å²) in [6.45, 7) is 6.45. The SMILES string of the molecule is Cc1cc(C)cc(OCc2nnc(C(=O)Nc3cccc(C(=O)N4CCOCC4)c3)s2)c1. The summed E-state index contributed by atoms with van der Waals surface area (Å²) in [6, 6.07) is 12.9. The molecule has 0 saturated carbocycles. The van der Waals surface area contributed by atoms with Gasteiger partial charge in [-0.15, -0.1) is 10.2 Å². The summed E-state index contributed by atoms with van der Waals surface area (Å²) in [5, 5.41) is 11.7. The second-order valence-electron chi connectivity index (χ2n) is 7.55. The van der Waals surface area contributed by atoms with Crippen molar-refractivity contribution in [2.45, 2.75) is 20.5 Å². The van der Waals surface area contributed by atoms with Gasteiger partial charge in [0.05, 0.1) is 13.2 Å². The fraction of sp³-hybridized carbons (Fsp3) is 0.304. The van der Waals surface area contributed by atoms with Crippen molar-refractivity contribution < 1.29 is 19.1 Å². The van der Waals surface area contributed by atoms with Gasteiger partial charge in [-0.05, 0) is 55.3 Å². The van der Waals surface area contributed by atoms with E-state index in [1.807, 2.05) is 26.0 Å². The van der Waals surface area contributed by atoms with E-state index in [-0.39, 0.29) is 23.4 Å². The van der Waals surface area contributed by atoms with Gasteiger partial charge in [-0.3, -0.25) is 9.59 Å². The molecular formula is C23H24N4O4S. The van der Waals surface area contributed by atoms with Gasteiger partial charge in [0.15, 0.2) is 5.01 Å². The molecule has 0 aliphatic carbocycles. The van der Waals surface area contributed by atoms with E-state index >= 15 is 0 Å². The van der Waals surface area contributed by atoms with Gasteiger partial charge in [0.25, 0.3) is 11.8 Å². The molecule has 0 bridgehead atoms. The van der Waals surface area contributed by atoms with Crippen molar-refractivity contribution in [2.24, 2.45) is 0 Å². The van der Waals surface area contributed by atoms with E-state index in [9.17, 15) is 9.59 Å². The van der Waals surface area contributed by atoms with Crippen molar-refractivity contribution in [3.8, 4) is 5.75 Å². The molecular weight excluding hydrogens is 428 g/mol. The molecule has 1 aliphatic rings. The molecule has 4 rings (SSSR count). The van der Waals surface area contributed by atoms with Crippen molar-refractivity contribution in [3.63, 3.8) is 0 Å². The minimum atomic E-state index is -0.379. The smallest absolute Gasteiger partial charge is 0.286 e. The van der Waals surface area contributed by atoms with E-state index in [0.29, 0.717) is 42.6 Å². The van der Waals surface area contributed by atoms with Gasteiger partial charge in [0, 0.05) is 24.3 Å². The molecule has 1 fully saturated rings. The quantitative estimate of drug-likeness (QED) is 0.616. The van der Waals surface area contributed by atoms with Gasteiger partial charge in [0.1, 0.15) is 12.4 Å². The average Bonchev–Trinajstić information content (AvgIpc) is 3.27. The number of nitrogens with one attached hydrogen (secondary N) is 1. The maximum Gasteiger partial charge on any atom is 0.286 e.